The molecule has 1 amide bonds. The summed E-state index contributed by atoms with van der Waals surface area (Å²) in [5.74, 6) is 0.306. The number of carbonyl (C=O) groups excluding carboxylic acids is 1. The van der Waals surface area contributed by atoms with Crippen LogP contribution in [0.5, 0.6) is 11.5 Å². The molecule has 1 aliphatic rings. The number of quaternary nitrogens is 1. The van der Waals surface area contributed by atoms with Gasteiger partial charge in [-0.3, -0.25) is 4.79 Å². The molecule has 1 fully saturated rings. The first kappa shape index (κ1) is 20.0. The van der Waals surface area contributed by atoms with Crippen LogP contribution in [0.1, 0.15) is 15.9 Å². The van der Waals surface area contributed by atoms with Crippen molar-refractivity contribution < 1.29 is 32.3 Å². The Labute approximate surface area is 161 Å². The minimum atomic E-state index is -4.74. The Morgan fingerprint density at radius 2 is 1.57 bits per heavy atom. The van der Waals surface area contributed by atoms with Crippen molar-refractivity contribution in [3.05, 3.63) is 59.7 Å². The van der Waals surface area contributed by atoms with Gasteiger partial charge in [0.1, 0.15) is 18.0 Å². The normalized spacial score (nSPS) is 15.4. The van der Waals surface area contributed by atoms with Gasteiger partial charge in [-0.2, -0.15) is 0 Å². The van der Waals surface area contributed by atoms with Crippen LogP contribution in [0, 0.1) is 0 Å². The van der Waals surface area contributed by atoms with Crippen molar-refractivity contribution in [1.29, 1.82) is 0 Å². The second-order valence-electron chi connectivity index (χ2n) is 6.64. The number of nitrogens with zero attached hydrogens (tertiary/aromatic N) is 1. The van der Waals surface area contributed by atoms with Crippen molar-refractivity contribution in [2.75, 3.05) is 33.3 Å². The van der Waals surface area contributed by atoms with Crippen molar-refractivity contribution in [1.82, 2.24) is 4.90 Å². The van der Waals surface area contributed by atoms with Crippen LogP contribution >= 0.6 is 0 Å². The van der Waals surface area contributed by atoms with Gasteiger partial charge in [0.25, 0.3) is 5.91 Å². The highest BCUT2D eigenvalue weighted by atomic mass is 19.4. The summed E-state index contributed by atoms with van der Waals surface area (Å²) in [7, 11) is 1.63. The minimum absolute atomic E-state index is 0.179. The van der Waals surface area contributed by atoms with E-state index in [9.17, 15) is 18.0 Å². The Balaban J connectivity index is 1.51. The maximum Gasteiger partial charge on any atom is 0.573 e. The molecular formula is C20H22F3N2O3+. The Kier molecular flexibility index (Phi) is 6.08. The van der Waals surface area contributed by atoms with Gasteiger partial charge in [-0.1, -0.05) is 0 Å². The fourth-order valence-corrected chi connectivity index (χ4v) is 3.22. The van der Waals surface area contributed by atoms with Crippen LogP contribution < -0.4 is 14.4 Å². The van der Waals surface area contributed by atoms with Crippen LogP contribution in [0.25, 0.3) is 0 Å². The number of amides is 1. The van der Waals surface area contributed by atoms with Crippen LogP contribution in [0.3, 0.4) is 0 Å². The van der Waals surface area contributed by atoms with Crippen molar-refractivity contribution in [2.45, 2.75) is 12.9 Å². The van der Waals surface area contributed by atoms with E-state index in [4.69, 9.17) is 4.74 Å². The van der Waals surface area contributed by atoms with E-state index in [0.717, 1.165) is 37.5 Å². The van der Waals surface area contributed by atoms with Gasteiger partial charge in [0.15, 0.2) is 0 Å². The largest absolute Gasteiger partial charge is 0.573 e. The van der Waals surface area contributed by atoms with Crippen LogP contribution in [0.15, 0.2) is 48.5 Å². The zero-order valence-corrected chi connectivity index (χ0v) is 15.5. The van der Waals surface area contributed by atoms with Crippen molar-refractivity contribution in [2.24, 2.45) is 0 Å². The van der Waals surface area contributed by atoms with Gasteiger partial charge in [0.2, 0.25) is 0 Å². The average Bonchev–Trinajstić information content (AvgIpc) is 2.68. The fraction of sp³-hybridized carbons (Fsp3) is 0.350. The quantitative estimate of drug-likeness (QED) is 0.844. The first-order valence-electron chi connectivity index (χ1n) is 8.95. The van der Waals surface area contributed by atoms with Crippen LogP contribution in [-0.2, 0) is 6.54 Å². The summed E-state index contributed by atoms with van der Waals surface area (Å²) in [4.78, 5) is 15.7. The number of benzene rings is 2. The summed E-state index contributed by atoms with van der Waals surface area (Å²) in [6.07, 6.45) is -4.74. The number of carbonyl (C=O) groups is 1. The third-order valence-electron chi connectivity index (χ3n) is 4.71. The lowest BCUT2D eigenvalue weighted by atomic mass is 10.1. The minimum Gasteiger partial charge on any atom is -0.497 e. The smallest absolute Gasteiger partial charge is 0.497 e. The topological polar surface area (TPSA) is 43.2 Å². The summed E-state index contributed by atoms with van der Waals surface area (Å²) >= 11 is 0. The van der Waals surface area contributed by atoms with E-state index in [2.05, 4.69) is 4.74 Å². The molecule has 0 spiro atoms. The third kappa shape index (κ3) is 5.39. The molecule has 0 radical (unpaired) electrons. The predicted molar refractivity (Wildman–Crippen MR) is 96.4 cm³/mol. The van der Waals surface area contributed by atoms with Gasteiger partial charge in [0, 0.05) is 11.1 Å². The molecule has 0 aromatic heterocycles. The van der Waals surface area contributed by atoms with E-state index in [1.807, 2.05) is 24.3 Å². The van der Waals surface area contributed by atoms with Crippen LogP contribution in [0.4, 0.5) is 13.2 Å². The average molecular weight is 395 g/mol. The number of rotatable bonds is 5. The fourth-order valence-electron chi connectivity index (χ4n) is 3.22. The predicted octanol–water partition coefficient (Wildman–Crippen LogP) is 2.13. The Morgan fingerprint density at radius 3 is 2.11 bits per heavy atom. The first-order chi connectivity index (χ1) is 13.3. The molecule has 0 saturated carbocycles. The van der Waals surface area contributed by atoms with Crippen LogP contribution in [-0.4, -0.2) is 50.5 Å². The van der Waals surface area contributed by atoms with Gasteiger partial charge in [-0.25, -0.2) is 0 Å². The van der Waals surface area contributed by atoms with E-state index in [-0.39, 0.29) is 11.7 Å². The van der Waals surface area contributed by atoms with E-state index < -0.39 is 6.36 Å². The van der Waals surface area contributed by atoms with Crippen molar-refractivity contribution in [3.63, 3.8) is 0 Å². The molecule has 5 nitrogen and oxygen atoms in total. The number of piperazine rings is 1. The van der Waals surface area contributed by atoms with E-state index >= 15 is 0 Å². The van der Waals surface area contributed by atoms with Crippen LogP contribution in [0.2, 0.25) is 0 Å². The molecule has 28 heavy (non-hydrogen) atoms. The van der Waals surface area contributed by atoms with E-state index in [1.165, 1.54) is 22.6 Å². The van der Waals surface area contributed by atoms with Crippen molar-refractivity contribution in [3.8, 4) is 11.5 Å². The lowest BCUT2D eigenvalue weighted by molar-refractivity contribution is -0.917. The number of halogens is 3. The highest BCUT2D eigenvalue weighted by Crippen LogP contribution is 2.23. The molecule has 3 rings (SSSR count). The summed E-state index contributed by atoms with van der Waals surface area (Å²) in [6.45, 7) is 3.70. The first-order valence-corrected chi connectivity index (χ1v) is 8.95. The molecule has 8 heteroatoms. The second-order valence-corrected chi connectivity index (χ2v) is 6.64. The maximum atomic E-state index is 12.6. The number of methoxy groups -OCH3 is 1. The molecule has 0 atom stereocenters. The lowest BCUT2D eigenvalue weighted by Gasteiger charge is -2.32. The monoisotopic (exact) mass is 395 g/mol. The standard InChI is InChI=1S/C20H21F3N2O3/c1-27-17-6-2-15(3-7-17)14-24-10-12-25(13-11-24)19(26)16-4-8-18(9-5-16)28-20(21,22)23/h2-9H,10-14H2,1H3/p+1. The van der Waals surface area contributed by atoms with E-state index in [1.54, 1.807) is 12.0 Å². The molecule has 0 aliphatic carbocycles. The second kappa shape index (κ2) is 8.52. The maximum absolute atomic E-state index is 12.6. The number of nitrogens with one attached hydrogen (secondary N) is 1. The summed E-state index contributed by atoms with van der Waals surface area (Å²) in [6, 6.07) is 13.0. The SMILES string of the molecule is COc1ccc(C[NH+]2CCN(C(=O)c3ccc(OC(F)(F)F)cc3)CC2)cc1. The van der Waals surface area contributed by atoms with Gasteiger partial charge in [-0.15, -0.1) is 13.2 Å². The van der Waals surface area contributed by atoms with Crippen molar-refractivity contribution >= 4 is 5.91 Å². The molecule has 1 heterocycles. The third-order valence-corrected chi connectivity index (χ3v) is 4.71. The number of hydrogen-bond donors (Lipinski definition) is 1. The molecule has 1 N–H and O–H groups in total. The molecule has 2 aromatic carbocycles. The lowest BCUT2D eigenvalue weighted by Crippen LogP contribution is -3.13. The zero-order valence-electron chi connectivity index (χ0n) is 15.5. The van der Waals surface area contributed by atoms with Gasteiger partial charge in [0.05, 0.1) is 33.3 Å². The number of alkyl halides is 3. The number of hydrogen-bond acceptors (Lipinski definition) is 3. The number of ether oxygens (including phenoxy) is 2. The molecule has 150 valence electrons. The molecule has 2 aromatic rings. The zero-order chi connectivity index (χ0) is 20.1. The molecule has 0 bridgehead atoms. The highest BCUT2D eigenvalue weighted by molar-refractivity contribution is 5.94. The Morgan fingerprint density at radius 1 is 1.00 bits per heavy atom. The summed E-state index contributed by atoms with van der Waals surface area (Å²) in [5, 5.41) is 0. The molecule has 1 aliphatic heterocycles. The Bertz CT molecular complexity index is 784. The molecule has 0 unspecified atom stereocenters. The highest BCUT2D eigenvalue weighted by Gasteiger charge is 2.31. The molecule has 1 saturated heterocycles. The van der Waals surface area contributed by atoms with Gasteiger partial charge < -0.3 is 19.3 Å². The summed E-state index contributed by atoms with van der Waals surface area (Å²) < 4.78 is 45.6. The molecular weight excluding hydrogens is 373 g/mol. The van der Waals surface area contributed by atoms with E-state index in [0.29, 0.717) is 18.7 Å². The van der Waals surface area contributed by atoms with Gasteiger partial charge in [-0.05, 0) is 48.5 Å². The Hall–Kier alpha value is -2.74. The summed E-state index contributed by atoms with van der Waals surface area (Å²) in [5.41, 5.74) is 1.56. The van der Waals surface area contributed by atoms with Gasteiger partial charge >= 0.3 is 6.36 Å².